The Bertz CT molecular complexity index is 612. The first-order valence-electron chi connectivity index (χ1n) is 5.04. The van der Waals surface area contributed by atoms with Crippen LogP contribution in [0.3, 0.4) is 0 Å². The van der Waals surface area contributed by atoms with Crippen LogP contribution in [0.25, 0.3) is 10.2 Å². The number of nitrogens with one attached hydrogen (secondary N) is 1. The number of carbonyl (C=O) groups excluding carboxylic acids is 2. The van der Waals surface area contributed by atoms with Crippen molar-refractivity contribution in [2.45, 2.75) is 6.92 Å². The van der Waals surface area contributed by atoms with Gasteiger partial charge in [0.25, 0.3) is 0 Å². The number of hydrogen-bond donors (Lipinski definition) is 1. The lowest BCUT2D eigenvalue weighted by Gasteiger charge is -1.98. The highest BCUT2D eigenvalue weighted by Crippen LogP contribution is 2.27. The number of amides is 1. The predicted molar refractivity (Wildman–Crippen MR) is 71.3 cm³/mol. The Morgan fingerprint density at radius 2 is 2.28 bits per heavy atom. The predicted octanol–water partition coefficient (Wildman–Crippen LogP) is 2.65. The van der Waals surface area contributed by atoms with E-state index in [4.69, 9.17) is 0 Å². The fraction of sp³-hybridized carbons (Fsp3) is 0.182. The Morgan fingerprint density at radius 3 is 2.94 bits per heavy atom. The summed E-state index contributed by atoms with van der Waals surface area (Å²) in [5, 5.41) is 2.76. The molecule has 1 heterocycles. The van der Waals surface area contributed by atoms with Crippen LogP contribution in [0.5, 0.6) is 0 Å². The molecule has 0 aliphatic rings. The van der Waals surface area contributed by atoms with Crippen molar-refractivity contribution < 1.29 is 14.0 Å². The molecule has 0 saturated carbocycles. The Kier molecular flexibility index (Phi) is 3.93. The average molecular weight is 284 g/mol. The third-order valence-electron chi connectivity index (χ3n) is 2.02. The Balaban J connectivity index is 2.10. The molecule has 18 heavy (non-hydrogen) atoms. The monoisotopic (exact) mass is 284 g/mol. The van der Waals surface area contributed by atoms with Crippen molar-refractivity contribution in [2.75, 3.05) is 11.1 Å². The minimum atomic E-state index is -0.414. The molecule has 1 aromatic heterocycles. The molecule has 1 aromatic carbocycles. The molecule has 94 valence electrons. The van der Waals surface area contributed by atoms with Crippen molar-refractivity contribution in [2.24, 2.45) is 0 Å². The molecule has 2 rings (SSSR count). The van der Waals surface area contributed by atoms with Crippen LogP contribution in [0, 0.1) is 5.82 Å². The van der Waals surface area contributed by atoms with Crippen LogP contribution in [0.1, 0.15) is 6.92 Å². The second-order valence-corrected chi connectivity index (χ2v) is 5.62. The smallest absolute Gasteiger partial charge is 0.236 e. The highest BCUT2D eigenvalue weighted by atomic mass is 32.2. The number of thiazole rings is 1. The Hall–Kier alpha value is -1.47. The van der Waals surface area contributed by atoms with Crippen molar-refractivity contribution in [3.05, 3.63) is 24.0 Å². The lowest BCUT2D eigenvalue weighted by Crippen LogP contribution is -2.14. The van der Waals surface area contributed by atoms with E-state index in [0.29, 0.717) is 9.83 Å². The summed E-state index contributed by atoms with van der Waals surface area (Å²) in [4.78, 5) is 26.2. The second-order valence-electron chi connectivity index (χ2n) is 3.43. The molecule has 1 amide bonds. The van der Waals surface area contributed by atoms with Gasteiger partial charge in [-0.15, -0.1) is 0 Å². The topological polar surface area (TPSA) is 59.1 Å². The third kappa shape index (κ3) is 3.05. The van der Waals surface area contributed by atoms with Crippen LogP contribution in [0.2, 0.25) is 0 Å². The minimum Gasteiger partial charge on any atom is -0.301 e. The van der Waals surface area contributed by atoms with Crippen molar-refractivity contribution in [3.8, 4) is 0 Å². The summed E-state index contributed by atoms with van der Waals surface area (Å²) < 4.78 is 14.0. The van der Waals surface area contributed by atoms with Crippen LogP contribution in [0.15, 0.2) is 18.2 Å². The van der Waals surface area contributed by atoms with Gasteiger partial charge in [0, 0.05) is 6.92 Å². The molecule has 2 aromatic rings. The lowest BCUT2D eigenvalue weighted by atomic mass is 10.3. The quantitative estimate of drug-likeness (QED) is 0.941. The highest BCUT2D eigenvalue weighted by molar-refractivity contribution is 8.14. The van der Waals surface area contributed by atoms with E-state index in [-0.39, 0.29) is 22.3 Å². The van der Waals surface area contributed by atoms with Gasteiger partial charge in [-0.2, -0.15) is 0 Å². The largest absolute Gasteiger partial charge is 0.301 e. The summed E-state index contributed by atoms with van der Waals surface area (Å²) in [6.07, 6.45) is 0. The van der Waals surface area contributed by atoms with Gasteiger partial charge in [-0.05, 0) is 12.1 Å². The number of fused-ring (bicyclic) bond motifs is 1. The van der Waals surface area contributed by atoms with E-state index in [2.05, 4.69) is 10.3 Å². The number of benzene rings is 1. The van der Waals surface area contributed by atoms with Crippen LogP contribution < -0.4 is 5.32 Å². The fourth-order valence-electron chi connectivity index (χ4n) is 1.29. The standard InChI is InChI=1S/C11H9FN2O2S2/c1-6(15)17-5-9(16)13-11-14-10-7(12)3-2-4-8(10)18-11/h2-4H,5H2,1H3,(H,13,14,16). The zero-order chi connectivity index (χ0) is 13.1. The van der Waals surface area contributed by atoms with Gasteiger partial charge in [0.1, 0.15) is 11.3 Å². The molecule has 0 fully saturated rings. The number of carbonyl (C=O) groups is 2. The van der Waals surface area contributed by atoms with Gasteiger partial charge in [0.15, 0.2) is 10.2 Å². The van der Waals surface area contributed by atoms with E-state index in [9.17, 15) is 14.0 Å². The zero-order valence-electron chi connectivity index (χ0n) is 9.40. The van der Waals surface area contributed by atoms with Crippen LogP contribution in [-0.2, 0) is 9.59 Å². The molecule has 0 unspecified atom stereocenters. The molecule has 0 saturated heterocycles. The summed E-state index contributed by atoms with van der Waals surface area (Å²) in [6, 6.07) is 4.64. The molecule has 0 spiro atoms. The van der Waals surface area contributed by atoms with E-state index < -0.39 is 5.82 Å². The molecule has 7 heteroatoms. The number of aromatic nitrogens is 1. The minimum absolute atomic E-state index is 0.0355. The SMILES string of the molecule is CC(=O)SCC(=O)Nc1nc2c(F)cccc2s1. The number of hydrogen-bond acceptors (Lipinski definition) is 5. The van der Waals surface area contributed by atoms with Gasteiger partial charge in [-0.25, -0.2) is 9.37 Å². The average Bonchev–Trinajstić information content (AvgIpc) is 2.70. The van der Waals surface area contributed by atoms with E-state index in [1.165, 1.54) is 24.3 Å². The number of rotatable bonds is 3. The molecule has 4 nitrogen and oxygen atoms in total. The van der Waals surface area contributed by atoms with Gasteiger partial charge >= 0.3 is 0 Å². The lowest BCUT2D eigenvalue weighted by molar-refractivity contribution is -0.114. The van der Waals surface area contributed by atoms with Crippen molar-refractivity contribution in [1.29, 1.82) is 0 Å². The number of halogens is 1. The second kappa shape index (κ2) is 5.45. The fourth-order valence-corrected chi connectivity index (χ4v) is 2.59. The van der Waals surface area contributed by atoms with Crippen LogP contribution >= 0.6 is 23.1 Å². The Morgan fingerprint density at radius 1 is 1.50 bits per heavy atom. The summed E-state index contributed by atoms with van der Waals surface area (Å²) in [5.74, 6) is -0.703. The highest BCUT2D eigenvalue weighted by Gasteiger charge is 2.11. The molecular formula is C11H9FN2O2S2. The maximum Gasteiger partial charge on any atom is 0.236 e. The molecule has 0 bridgehead atoms. The maximum atomic E-state index is 13.4. The maximum absolute atomic E-state index is 13.4. The van der Waals surface area contributed by atoms with E-state index in [1.54, 1.807) is 12.1 Å². The molecule has 0 atom stereocenters. The first-order chi connectivity index (χ1) is 8.56. The normalized spacial score (nSPS) is 10.6. The first kappa shape index (κ1) is 13.0. The summed E-state index contributed by atoms with van der Waals surface area (Å²) in [5.41, 5.74) is 0.247. The number of anilines is 1. The molecule has 0 radical (unpaired) electrons. The van der Waals surface area contributed by atoms with E-state index in [1.807, 2.05) is 0 Å². The van der Waals surface area contributed by atoms with Crippen LogP contribution in [-0.4, -0.2) is 21.8 Å². The van der Waals surface area contributed by atoms with E-state index in [0.717, 1.165) is 11.8 Å². The summed E-state index contributed by atoms with van der Waals surface area (Å²) in [6.45, 7) is 1.39. The first-order valence-corrected chi connectivity index (χ1v) is 6.85. The van der Waals surface area contributed by atoms with Crippen LogP contribution in [0.4, 0.5) is 9.52 Å². The van der Waals surface area contributed by atoms with Gasteiger partial charge in [0.2, 0.25) is 5.91 Å². The number of thioether (sulfide) groups is 1. The van der Waals surface area contributed by atoms with Gasteiger partial charge in [0.05, 0.1) is 10.5 Å². The van der Waals surface area contributed by atoms with Gasteiger partial charge in [-0.1, -0.05) is 29.2 Å². The summed E-state index contributed by atoms with van der Waals surface area (Å²) >= 11 is 2.12. The van der Waals surface area contributed by atoms with Gasteiger partial charge in [-0.3, -0.25) is 9.59 Å². The van der Waals surface area contributed by atoms with Crippen molar-refractivity contribution in [1.82, 2.24) is 4.98 Å². The Labute approximate surface area is 111 Å². The van der Waals surface area contributed by atoms with Gasteiger partial charge < -0.3 is 5.32 Å². The molecule has 0 aliphatic heterocycles. The number of nitrogens with zero attached hydrogens (tertiary/aromatic N) is 1. The van der Waals surface area contributed by atoms with Crippen molar-refractivity contribution >= 4 is 49.5 Å². The molecular weight excluding hydrogens is 275 g/mol. The van der Waals surface area contributed by atoms with E-state index >= 15 is 0 Å². The molecule has 1 N–H and O–H groups in total. The molecule has 0 aliphatic carbocycles. The van der Waals surface area contributed by atoms with Crippen molar-refractivity contribution in [3.63, 3.8) is 0 Å². The number of para-hydroxylation sites is 1. The summed E-state index contributed by atoms with van der Waals surface area (Å²) in [7, 11) is 0. The third-order valence-corrected chi connectivity index (χ3v) is 3.77. The zero-order valence-corrected chi connectivity index (χ0v) is 11.0.